The lowest BCUT2D eigenvalue weighted by atomic mass is 10.1. The monoisotopic (exact) mass is 302 g/mol. The second kappa shape index (κ2) is 6.20. The summed E-state index contributed by atoms with van der Waals surface area (Å²) in [6.07, 6.45) is 0.946. The van der Waals surface area contributed by atoms with Crippen molar-refractivity contribution in [2.24, 2.45) is 0 Å². The van der Waals surface area contributed by atoms with Crippen LogP contribution in [0.5, 0.6) is 0 Å². The van der Waals surface area contributed by atoms with Crippen LogP contribution in [0.1, 0.15) is 17.7 Å². The Morgan fingerprint density at radius 3 is 2.95 bits per heavy atom. The Labute approximate surface area is 129 Å². The standard InChI is InChI=1S/C17H22N2O3/c1-11-3-2-4-15-16(11)7-12(18-17(15)22)5-6-19-9-14(21)8-13(19)10-20/h2-4,7,13-14,20-21H,5-6,8-10H2,1H3,(H,18,22)/t13-,14+/m0/s1. The molecular formula is C17H22N2O3. The largest absolute Gasteiger partial charge is 0.395 e. The lowest BCUT2D eigenvalue weighted by molar-refractivity contribution is 0.156. The van der Waals surface area contributed by atoms with E-state index >= 15 is 0 Å². The summed E-state index contributed by atoms with van der Waals surface area (Å²) >= 11 is 0. The van der Waals surface area contributed by atoms with Crippen LogP contribution in [0.25, 0.3) is 10.8 Å². The van der Waals surface area contributed by atoms with E-state index in [1.807, 2.05) is 31.2 Å². The molecule has 1 aliphatic rings. The zero-order chi connectivity index (χ0) is 15.7. The first-order chi connectivity index (χ1) is 10.6. The molecule has 118 valence electrons. The fourth-order valence-corrected chi connectivity index (χ4v) is 3.31. The molecule has 1 fully saturated rings. The van der Waals surface area contributed by atoms with Gasteiger partial charge in [0.05, 0.1) is 12.7 Å². The van der Waals surface area contributed by atoms with E-state index in [1.54, 1.807) is 0 Å². The number of aryl methyl sites for hydroxylation is 1. The molecule has 0 amide bonds. The first-order valence-electron chi connectivity index (χ1n) is 7.73. The first-order valence-corrected chi connectivity index (χ1v) is 7.73. The lowest BCUT2D eigenvalue weighted by Crippen LogP contribution is -2.34. The number of hydrogen-bond acceptors (Lipinski definition) is 4. The Bertz CT molecular complexity index is 725. The average molecular weight is 302 g/mol. The van der Waals surface area contributed by atoms with Crippen molar-refractivity contribution in [2.75, 3.05) is 19.7 Å². The maximum atomic E-state index is 12.2. The van der Waals surface area contributed by atoms with Gasteiger partial charge < -0.3 is 15.2 Å². The van der Waals surface area contributed by atoms with E-state index < -0.39 is 0 Å². The molecule has 0 spiro atoms. The number of aromatic nitrogens is 1. The van der Waals surface area contributed by atoms with Gasteiger partial charge in [0.1, 0.15) is 0 Å². The second-order valence-corrected chi connectivity index (χ2v) is 6.13. The minimum atomic E-state index is -0.366. The minimum Gasteiger partial charge on any atom is -0.395 e. The molecular weight excluding hydrogens is 280 g/mol. The minimum absolute atomic E-state index is 0.0175. The van der Waals surface area contributed by atoms with Gasteiger partial charge in [-0.3, -0.25) is 9.69 Å². The van der Waals surface area contributed by atoms with Gasteiger partial charge in [-0.25, -0.2) is 0 Å². The van der Waals surface area contributed by atoms with Gasteiger partial charge in [0, 0.05) is 36.6 Å². The number of nitrogens with one attached hydrogen (secondary N) is 1. The van der Waals surface area contributed by atoms with Crippen LogP contribution in [0.4, 0.5) is 0 Å². The smallest absolute Gasteiger partial charge is 0.256 e. The van der Waals surface area contributed by atoms with E-state index in [0.717, 1.165) is 23.2 Å². The van der Waals surface area contributed by atoms with Crippen LogP contribution in [-0.4, -0.2) is 51.9 Å². The highest BCUT2D eigenvalue weighted by Gasteiger charge is 2.29. The highest BCUT2D eigenvalue weighted by atomic mass is 16.3. The van der Waals surface area contributed by atoms with E-state index in [1.165, 1.54) is 0 Å². The molecule has 3 rings (SSSR count). The molecule has 5 heteroatoms. The number of pyridine rings is 1. The van der Waals surface area contributed by atoms with Gasteiger partial charge >= 0.3 is 0 Å². The molecule has 22 heavy (non-hydrogen) atoms. The summed E-state index contributed by atoms with van der Waals surface area (Å²) in [6, 6.07) is 7.79. The van der Waals surface area contributed by atoms with E-state index in [-0.39, 0.29) is 24.3 Å². The molecule has 2 heterocycles. The number of fused-ring (bicyclic) bond motifs is 1. The highest BCUT2D eigenvalue weighted by molar-refractivity contribution is 5.84. The number of nitrogens with zero attached hydrogens (tertiary/aromatic N) is 1. The Kier molecular flexibility index (Phi) is 4.29. The first kappa shape index (κ1) is 15.2. The summed E-state index contributed by atoms with van der Waals surface area (Å²) < 4.78 is 0. The zero-order valence-corrected chi connectivity index (χ0v) is 12.7. The molecule has 1 aromatic heterocycles. The van der Waals surface area contributed by atoms with Crippen molar-refractivity contribution in [3.05, 3.63) is 45.9 Å². The molecule has 0 bridgehead atoms. The normalized spacial score (nSPS) is 22.5. The zero-order valence-electron chi connectivity index (χ0n) is 12.7. The lowest BCUT2D eigenvalue weighted by Gasteiger charge is -2.22. The number of β-amino-alcohol motifs (C(OH)–C–C–N with tert-alkyl or cyclic N) is 1. The number of aromatic amines is 1. The summed E-state index contributed by atoms with van der Waals surface area (Å²) in [5.41, 5.74) is 1.93. The van der Waals surface area contributed by atoms with Crippen molar-refractivity contribution >= 4 is 10.8 Å². The Hall–Kier alpha value is -1.69. The highest BCUT2D eigenvalue weighted by Crippen LogP contribution is 2.19. The number of likely N-dealkylation sites (tertiary alicyclic amines) is 1. The Morgan fingerprint density at radius 1 is 1.36 bits per heavy atom. The molecule has 0 unspecified atom stereocenters. The molecule has 1 aliphatic heterocycles. The predicted molar refractivity (Wildman–Crippen MR) is 86.1 cm³/mol. The molecule has 1 saturated heterocycles. The fraction of sp³-hybridized carbons (Fsp3) is 0.471. The van der Waals surface area contributed by atoms with Crippen LogP contribution >= 0.6 is 0 Å². The summed E-state index contributed by atoms with van der Waals surface area (Å²) in [5, 5.41) is 20.8. The molecule has 2 aromatic rings. The molecule has 0 saturated carbocycles. The Morgan fingerprint density at radius 2 is 2.18 bits per heavy atom. The van der Waals surface area contributed by atoms with Gasteiger partial charge in [0.25, 0.3) is 5.56 Å². The SMILES string of the molecule is Cc1cccc2c(=O)[nH]c(CCN3C[C@H](O)C[C@H]3CO)cc12. The number of benzene rings is 1. The van der Waals surface area contributed by atoms with Crippen LogP contribution < -0.4 is 5.56 Å². The van der Waals surface area contributed by atoms with Gasteiger partial charge in [0.2, 0.25) is 0 Å². The topological polar surface area (TPSA) is 76.6 Å². The molecule has 2 atom stereocenters. The van der Waals surface area contributed by atoms with Gasteiger partial charge in [-0.2, -0.15) is 0 Å². The van der Waals surface area contributed by atoms with Crippen molar-refractivity contribution in [2.45, 2.75) is 31.9 Å². The van der Waals surface area contributed by atoms with Gasteiger partial charge in [-0.05, 0) is 36.4 Å². The quantitative estimate of drug-likeness (QED) is 0.781. The second-order valence-electron chi connectivity index (χ2n) is 6.13. The third-order valence-electron chi connectivity index (χ3n) is 4.55. The molecule has 0 radical (unpaired) electrons. The summed E-state index contributed by atoms with van der Waals surface area (Å²) in [5.74, 6) is 0. The molecule has 1 aromatic carbocycles. The summed E-state index contributed by atoms with van der Waals surface area (Å²) in [6.45, 7) is 3.37. The van der Waals surface area contributed by atoms with Crippen LogP contribution in [-0.2, 0) is 6.42 Å². The Balaban J connectivity index is 1.80. The predicted octanol–water partition coefficient (Wildman–Crippen LogP) is 0.807. The summed E-state index contributed by atoms with van der Waals surface area (Å²) in [7, 11) is 0. The average Bonchev–Trinajstić information content (AvgIpc) is 2.86. The maximum absolute atomic E-state index is 12.2. The third-order valence-corrected chi connectivity index (χ3v) is 4.55. The van der Waals surface area contributed by atoms with Crippen molar-refractivity contribution in [3.8, 4) is 0 Å². The van der Waals surface area contributed by atoms with Crippen molar-refractivity contribution in [3.63, 3.8) is 0 Å². The number of rotatable bonds is 4. The number of hydrogen-bond donors (Lipinski definition) is 3. The van der Waals surface area contributed by atoms with Crippen molar-refractivity contribution in [1.82, 2.24) is 9.88 Å². The number of aliphatic hydroxyl groups excluding tert-OH is 2. The van der Waals surface area contributed by atoms with E-state index in [0.29, 0.717) is 24.8 Å². The van der Waals surface area contributed by atoms with Crippen LogP contribution in [0.15, 0.2) is 29.1 Å². The number of H-pyrrole nitrogens is 1. The third kappa shape index (κ3) is 2.92. The van der Waals surface area contributed by atoms with Gasteiger partial charge in [0.15, 0.2) is 0 Å². The van der Waals surface area contributed by atoms with Crippen molar-refractivity contribution < 1.29 is 10.2 Å². The van der Waals surface area contributed by atoms with E-state index in [9.17, 15) is 15.0 Å². The van der Waals surface area contributed by atoms with Crippen molar-refractivity contribution in [1.29, 1.82) is 0 Å². The van der Waals surface area contributed by atoms with Crippen LogP contribution in [0.2, 0.25) is 0 Å². The summed E-state index contributed by atoms with van der Waals surface area (Å²) in [4.78, 5) is 17.2. The molecule has 5 nitrogen and oxygen atoms in total. The van der Waals surface area contributed by atoms with Crippen LogP contribution in [0.3, 0.4) is 0 Å². The molecule has 3 N–H and O–H groups in total. The van der Waals surface area contributed by atoms with Gasteiger partial charge in [-0.1, -0.05) is 12.1 Å². The number of aliphatic hydroxyl groups is 2. The van der Waals surface area contributed by atoms with E-state index in [2.05, 4.69) is 9.88 Å². The van der Waals surface area contributed by atoms with Crippen LogP contribution in [0, 0.1) is 6.92 Å². The fourth-order valence-electron chi connectivity index (χ4n) is 3.31. The van der Waals surface area contributed by atoms with Gasteiger partial charge in [-0.15, -0.1) is 0 Å². The molecule has 0 aliphatic carbocycles. The van der Waals surface area contributed by atoms with E-state index in [4.69, 9.17) is 0 Å². The maximum Gasteiger partial charge on any atom is 0.256 e.